The minimum absolute atomic E-state index is 0.560. The van der Waals surface area contributed by atoms with E-state index in [1.807, 2.05) is 60.7 Å². The molecule has 0 spiro atoms. The zero-order valence-electron chi connectivity index (χ0n) is 14.6. The smallest absolute Gasteiger partial charge is 0.225 e. The summed E-state index contributed by atoms with van der Waals surface area (Å²) < 4.78 is 5.08. The van der Waals surface area contributed by atoms with E-state index < -0.39 is 0 Å². The fourth-order valence-corrected chi connectivity index (χ4v) is 2.67. The molecule has 0 fully saturated rings. The number of hydrogen-bond donors (Lipinski definition) is 2. The van der Waals surface area contributed by atoms with Crippen LogP contribution in [0.4, 0.5) is 11.8 Å². The summed E-state index contributed by atoms with van der Waals surface area (Å²) in [7, 11) is 1.67. The van der Waals surface area contributed by atoms with E-state index in [1.165, 1.54) is 0 Å². The molecule has 3 rings (SSSR count). The van der Waals surface area contributed by atoms with E-state index >= 15 is 0 Å². The normalized spacial score (nSPS) is 10.5. The van der Waals surface area contributed by atoms with Crippen LogP contribution < -0.4 is 10.6 Å². The monoisotopic (exact) mass is 368 g/mol. The molecule has 2 aromatic carbocycles. The molecule has 1 heterocycles. The van der Waals surface area contributed by atoms with Crippen LogP contribution in [0, 0.1) is 0 Å². The minimum atomic E-state index is 0.560. The average Bonchev–Trinajstić information content (AvgIpc) is 2.68. The fourth-order valence-electron chi connectivity index (χ4n) is 2.47. The molecule has 0 atom stereocenters. The first-order valence-electron chi connectivity index (χ1n) is 8.41. The van der Waals surface area contributed by atoms with E-state index in [4.69, 9.17) is 16.3 Å². The van der Waals surface area contributed by atoms with Crippen LogP contribution >= 0.6 is 11.6 Å². The summed E-state index contributed by atoms with van der Waals surface area (Å²) in [6, 6.07) is 19.7. The molecular formula is C20H21ClN4O. The summed E-state index contributed by atoms with van der Waals surface area (Å²) >= 11 is 6.23. The Morgan fingerprint density at radius 1 is 0.962 bits per heavy atom. The fraction of sp³-hybridized carbons (Fsp3) is 0.200. The first kappa shape index (κ1) is 18.2. The van der Waals surface area contributed by atoms with Gasteiger partial charge in [-0.05, 0) is 11.6 Å². The maximum atomic E-state index is 6.23. The number of rotatable bonds is 8. The molecule has 5 nitrogen and oxygen atoms in total. The van der Waals surface area contributed by atoms with E-state index in [0.29, 0.717) is 25.6 Å². The van der Waals surface area contributed by atoms with E-state index in [0.717, 1.165) is 27.7 Å². The van der Waals surface area contributed by atoms with E-state index in [1.54, 1.807) is 7.11 Å². The second-order valence-electron chi connectivity index (χ2n) is 5.69. The number of anilines is 2. The van der Waals surface area contributed by atoms with Gasteiger partial charge in [-0.15, -0.1) is 0 Å². The van der Waals surface area contributed by atoms with Gasteiger partial charge in [-0.3, -0.25) is 0 Å². The van der Waals surface area contributed by atoms with Gasteiger partial charge in [0.15, 0.2) is 0 Å². The molecule has 0 amide bonds. The van der Waals surface area contributed by atoms with Crippen molar-refractivity contribution < 1.29 is 4.74 Å². The zero-order chi connectivity index (χ0) is 18.2. The number of benzene rings is 2. The van der Waals surface area contributed by atoms with Crippen LogP contribution in [0.25, 0.3) is 11.3 Å². The predicted octanol–water partition coefficient (Wildman–Crippen LogP) is 4.47. The highest BCUT2D eigenvalue weighted by atomic mass is 35.5. The van der Waals surface area contributed by atoms with Crippen molar-refractivity contribution in [3.63, 3.8) is 0 Å². The molecule has 0 unspecified atom stereocenters. The van der Waals surface area contributed by atoms with Gasteiger partial charge in [-0.2, -0.15) is 4.98 Å². The lowest BCUT2D eigenvalue weighted by atomic mass is 10.1. The average molecular weight is 369 g/mol. The largest absolute Gasteiger partial charge is 0.383 e. The van der Waals surface area contributed by atoms with E-state index in [-0.39, 0.29) is 0 Å². The number of ether oxygens (including phenoxy) is 1. The minimum Gasteiger partial charge on any atom is -0.383 e. The Morgan fingerprint density at radius 2 is 1.73 bits per heavy atom. The van der Waals surface area contributed by atoms with Gasteiger partial charge in [-0.1, -0.05) is 60.1 Å². The summed E-state index contributed by atoms with van der Waals surface area (Å²) in [6.07, 6.45) is 0. The van der Waals surface area contributed by atoms with Crippen LogP contribution in [0.5, 0.6) is 0 Å². The van der Waals surface area contributed by atoms with Gasteiger partial charge in [0.25, 0.3) is 0 Å². The third kappa shape index (κ3) is 4.94. The molecular weight excluding hydrogens is 348 g/mol. The lowest BCUT2D eigenvalue weighted by molar-refractivity contribution is 0.210. The Balaban J connectivity index is 1.83. The Kier molecular flexibility index (Phi) is 6.41. The predicted molar refractivity (Wildman–Crippen MR) is 107 cm³/mol. The van der Waals surface area contributed by atoms with Crippen molar-refractivity contribution in [1.29, 1.82) is 0 Å². The van der Waals surface area contributed by atoms with Crippen LogP contribution in [0.2, 0.25) is 5.02 Å². The number of aromatic nitrogens is 2. The van der Waals surface area contributed by atoms with Crippen molar-refractivity contribution in [1.82, 2.24) is 9.97 Å². The van der Waals surface area contributed by atoms with Crippen LogP contribution in [0.1, 0.15) is 5.56 Å². The molecule has 1 aromatic heterocycles. The topological polar surface area (TPSA) is 59.1 Å². The molecule has 0 aliphatic rings. The quantitative estimate of drug-likeness (QED) is 0.574. The van der Waals surface area contributed by atoms with E-state index in [9.17, 15) is 0 Å². The number of hydrogen-bond acceptors (Lipinski definition) is 5. The summed E-state index contributed by atoms with van der Waals surface area (Å²) in [5.41, 5.74) is 2.90. The van der Waals surface area contributed by atoms with Crippen LogP contribution in [0.3, 0.4) is 0 Å². The molecule has 3 aromatic rings. The molecule has 134 valence electrons. The molecule has 0 saturated heterocycles. The summed E-state index contributed by atoms with van der Waals surface area (Å²) in [6.45, 7) is 1.81. The van der Waals surface area contributed by atoms with Crippen LogP contribution in [0.15, 0.2) is 60.7 Å². The maximum Gasteiger partial charge on any atom is 0.225 e. The second kappa shape index (κ2) is 9.17. The van der Waals surface area contributed by atoms with Gasteiger partial charge in [0.1, 0.15) is 5.82 Å². The Hall–Kier alpha value is -2.63. The Labute approximate surface area is 158 Å². The van der Waals surface area contributed by atoms with Crippen molar-refractivity contribution in [2.24, 2.45) is 0 Å². The third-order valence-electron chi connectivity index (χ3n) is 3.80. The van der Waals surface area contributed by atoms with Crippen molar-refractivity contribution in [2.45, 2.75) is 6.54 Å². The maximum absolute atomic E-state index is 6.23. The highest BCUT2D eigenvalue weighted by Crippen LogP contribution is 2.22. The molecule has 0 radical (unpaired) electrons. The lowest BCUT2D eigenvalue weighted by Crippen LogP contribution is -2.12. The van der Waals surface area contributed by atoms with Crippen LogP contribution in [-0.2, 0) is 11.3 Å². The van der Waals surface area contributed by atoms with Crippen LogP contribution in [-0.4, -0.2) is 30.2 Å². The molecule has 0 saturated carbocycles. The van der Waals surface area contributed by atoms with Gasteiger partial charge in [0, 0.05) is 36.9 Å². The van der Waals surface area contributed by atoms with Gasteiger partial charge in [-0.25, -0.2) is 4.98 Å². The molecule has 0 bridgehead atoms. The standard InChI is InChI=1S/C20H21ClN4O/c1-26-12-11-22-20-24-18(15-7-3-2-4-8-15)13-19(25-20)23-14-16-9-5-6-10-17(16)21/h2-10,13H,11-12,14H2,1H3,(H2,22,23,24,25). The molecule has 26 heavy (non-hydrogen) atoms. The lowest BCUT2D eigenvalue weighted by Gasteiger charge is -2.12. The summed E-state index contributed by atoms with van der Waals surface area (Å²) in [5, 5.41) is 7.26. The van der Waals surface area contributed by atoms with E-state index in [2.05, 4.69) is 20.6 Å². The number of methoxy groups -OCH3 is 1. The zero-order valence-corrected chi connectivity index (χ0v) is 15.3. The van der Waals surface area contributed by atoms with Crippen molar-refractivity contribution in [3.8, 4) is 11.3 Å². The number of nitrogens with one attached hydrogen (secondary N) is 2. The van der Waals surface area contributed by atoms with Crippen molar-refractivity contribution in [2.75, 3.05) is 30.9 Å². The van der Waals surface area contributed by atoms with Gasteiger partial charge >= 0.3 is 0 Å². The Morgan fingerprint density at radius 3 is 2.50 bits per heavy atom. The van der Waals surface area contributed by atoms with Gasteiger partial charge in [0.2, 0.25) is 5.95 Å². The highest BCUT2D eigenvalue weighted by molar-refractivity contribution is 6.31. The highest BCUT2D eigenvalue weighted by Gasteiger charge is 2.07. The molecule has 0 aliphatic heterocycles. The summed E-state index contributed by atoms with van der Waals surface area (Å²) in [4.78, 5) is 9.15. The SMILES string of the molecule is COCCNc1nc(NCc2ccccc2Cl)cc(-c2ccccc2)n1. The van der Waals surface area contributed by atoms with Crippen molar-refractivity contribution in [3.05, 3.63) is 71.2 Å². The molecule has 0 aliphatic carbocycles. The third-order valence-corrected chi connectivity index (χ3v) is 4.17. The van der Waals surface area contributed by atoms with Gasteiger partial charge in [0.05, 0.1) is 12.3 Å². The Bertz CT molecular complexity index is 842. The van der Waals surface area contributed by atoms with Crippen molar-refractivity contribution >= 4 is 23.4 Å². The molecule has 6 heteroatoms. The first-order chi connectivity index (χ1) is 12.8. The number of nitrogens with zero attached hydrogens (tertiary/aromatic N) is 2. The second-order valence-corrected chi connectivity index (χ2v) is 6.10. The van der Waals surface area contributed by atoms with Gasteiger partial charge < -0.3 is 15.4 Å². The summed E-state index contributed by atoms with van der Waals surface area (Å²) in [5.74, 6) is 1.30. The number of halogens is 1. The molecule has 2 N–H and O–H groups in total. The first-order valence-corrected chi connectivity index (χ1v) is 8.78.